The SMILES string of the molecule is CC.CCC(C)(C)CC(C)F. The molecule has 0 amide bonds. The molecule has 0 N–H and O–H groups in total. The molecule has 0 aliphatic heterocycles. The van der Waals surface area contributed by atoms with Gasteiger partial charge in [-0.1, -0.05) is 41.0 Å². The highest BCUT2D eigenvalue weighted by Gasteiger charge is 2.17. The van der Waals surface area contributed by atoms with E-state index in [0.29, 0.717) is 6.42 Å². The van der Waals surface area contributed by atoms with Crippen LogP contribution in [0.15, 0.2) is 0 Å². The van der Waals surface area contributed by atoms with Crippen LogP contribution in [0.2, 0.25) is 0 Å². The Bertz CT molecular complexity index is 74.9. The molecule has 0 bridgehead atoms. The summed E-state index contributed by atoms with van der Waals surface area (Å²) in [5.74, 6) is 0. The van der Waals surface area contributed by atoms with Gasteiger partial charge in [-0.25, -0.2) is 4.39 Å². The van der Waals surface area contributed by atoms with Crippen molar-refractivity contribution in [2.75, 3.05) is 0 Å². The van der Waals surface area contributed by atoms with E-state index in [0.717, 1.165) is 6.42 Å². The zero-order valence-electron chi connectivity index (χ0n) is 8.87. The van der Waals surface area contributed by atoms with E-state index in [9.17, 15) is 4.39 Å². The van der Waals surface area contributed by atoms with Gasteiger partial charge in [0.05, 0.1) is 6.17 Å². The quantitative estimate of drug-likeness (QED) is 0.583. The summed E-state index contributed by atoms with van der Waals surface area (Å²) in [6, 6.07) is 0. The number of hydrogen-bond donors (Lipinski definition) is 0. The summed E-state index contributed by atoms with van der Waals surface area (Å²) in [5, 5.41) is 0. The molecule has 0 fully saturated rings. The van der Waals surface area contributed by atoms with E-state index in [2.05, 4.69) is 20.8 Å². The van der Waals surface area contributed by atoms with Crippen LogP contribution in [-0.4, -0.2) is 6.17 Å². The summed E-state index contributed by atoms with van der Waals surface area (Å²) in [4.78, 5) is 0. The molecule has 0 heterocycles. The second-order valence-corrected chi connectivity index (χ2v) is 3.50. The van der Waals surface area contributed by atoms with Gasteiger partial charge in [0.1, 0.15) is 0 Å². The first kappa shape index (κ1) is 13.5. The van der Waals surface area contributed by atoms with Crippen LogP contribution in [0.3, 0.4) is 0 Å². The van der Waals surface area contributed by atoms with Crippen LogP contribution in [0, 0.1) is 5.41 Å². The van der Waals surface area contributed by atoms with Crippen molar-refractivity contribution in [2.45, 2.75) is 60.6 Å². The van der Waals surface area contributed by atoms with E-state index in [1.807, 2.05) is 13.8 Å². The van der Waals surface area contributed by atoms with Crippen molar-refractivity contribution in [3.63, 3.8) is 0 Å². The zero-order chi connectivity index (χ0) is 9.49. The second kappa shape index (κ2) is 6.63. The van der Waals surface area contributed by atoms with Crippen LogP contribution in [0.1, 0.15) is 54.4 Å². The van der Waals surface area contributed by atoms with Crippen LogP contribution in [-0.2, 0) is 0 Å². The second-order valence-electron chi connectivity index (χ2n) is 3.50. The number of halogens is 1. The van der Waals surface area contributed by atoms with E-state index in [4.69, 9.17) is 0 Å². The van der Waals surface area contributed by atoms with E-state index in [1.54, 1.807) is 6.92 Å². The van der Waals surface area contributed by atoms with Crippen LogP contribution in [0.5, 0.6) is 0 Å². The fourth-order valence-electron chi connectivity index (χ4n) is 0.906. The minimum absolute atomic E-state index is 0.189. The molecular weight excluding hydrogens is 139 g/mol. The molecule has 0 saturated carbocycles. The van der Waals surface area contributed by atoms with Crippen LogP contribution in [0.4, 0.5) is 4.39 Å². The number of rotatable bonds is 3. The predicted molar refractivity (Wildman–Crippen MR) is 50.6 cm³/mol. The molecule has 70 valence electrons. The van der Waals surface area contributed by atoms with Gasteiger partial charge in [-0.3, -0.25) is 0 Å². The third-order valence-electron chi connectivity index (χ3n) is 1.79. The maximum absolute atomic E-state index is 12.4. The minimum Gasteiger partial charge on any atom is -0.248 e. The smallest absolute Gasteiger partial charge is 0.0978 e. The van der Waals surface area contributed by atoms with Crippen LogP contribution < -0.4 is 0 Å². The number of alkyl halides is 1. The Morgan fingerprint density at radius 1 is 1.27 bits per heavy atom. The summed E-state index contributed by atoms with van der Waals surface area (Å²) >= 11 is 0. The van der Waals surface area contributed by atoms with Crippen molar-refractivity contribution < 1.29 is 4.39 Å². The molecule has 0 nitrogen and oxygen atoms in total. The third kappa shape index (κ3) is 9.93. The molecule has 0 rings (SSSR count). The topological polar surface area (TPSA) is 0 Å². The first-order valence-corrected chi connectivity index (χ1v) is 4.62. The Kier molecular flexibility index (Phi) is 8.14. The van der Waals surface area contributed by atoms with Crippen molar-refractivity contribution in [3.05, 3.63) is 0 Å². The predicted octanol–water partition coefficient (Wildman–Crippen LogP) is 4.20. The van der Waals surface area contributed by atoms with Gasteiger partial charge < -0.3 is 0 Å². The molecule has 0 spiro atoms. The average molecular weight is 162 g/mol. The van der Waals surface area contributed by atoms with Gasteiger partial charge in [0.25, 0.3) is 0 Å². The lowest BCUT2D eigenvalue weighted by Crippen LogP contribution is -2.14. The van der Waals surface area contributed by atoms with Crippen molar-refractivity contribution in [2.24, 2.45) is 5.41 Å². The highest BCUT2D eigenvalue weighted by Crippen LogP contribution is 2.26. The molecule has 0 aliphatic carbocycles. The summed E-state index contributed by atoms with van der Waals surface area (Å²) in [6.45, 7) is 11.9. The van der Waals surface area contributed by atoms with Crippen molar-refractivity contribution in [3.8, 4) is 0 Å². The largest absolute Gasteiger partial charge is 0.248 e. The van der Waals surface area contributed by atoms with Crippen LogP contribution >= 0.6 is 0 Å². The van der Waals surface area contributed by atoms with Gasteiger partial charge in [-0.15, -0.1) is 0 Å². The van der Waals surface area contributed by atoms with Gasteiger partial charge in [-0.05, 0) is 18.8 Å². The van der Waals surface area contributed by atoms with Crippen LogP contribution in [0.25, 0.3) is 0 Å². The summed E-state index contributed by atoms with van der Waals surface area (Å²) in [6.07, 6.45) is 1.09. The Balaban J connectivity index is 0. The monoisotopic (exact) mass is 162 g/mol. The third-order valence-corrected chi connectivity index (χ3v) is 1.79. The molecule has 0 aliphatic rings. The molecule has 0 saturated heterocycles. The van der Waals surface area contributed by atoms with E-state index >= 15 is 0 Å². The standard InChI is InChI=1S/C8H17F.C2H6/c1-5-8(3,4)6-7(2)9;1-2/h7H,5-6H2,1-4H3;1-2H3. The summed E-state index contributed by atoms with van der Waals surface area (Å²) in [7, 11) is 0. The Labute approximate surface area is 71.2 Å². The molecule has 0 aromatic rings. The molecular formula is C10H23F. The van der Waals surface area contributed by atoms with Gasteiger partial charge in [0.15, 0.2) is 0 Å². The highest BCUT2D eigenvalue weighted by atomic mass is 19.1. The molecule has 1 atom stereocenters. The van der Waals surface area contributed by atoms with E-state index in [-0.39, 0.29) is 5.41 Å². The van der Waals surface area contributed by atoms with Gasteiger partial charge in [0.2, 0.25) is 0 Å². The van der Waals surface area contributed by atoms with Crippen molar-refractivity contribution in [1.82, 2.24) is 0 Å². The Morgan fingerprint density at radius 2 is 1.64 bits per heavy atom. The van der Waals surface area contributed by atoms with Gasteiger partial charge in [0, 0.05) is 0 Å². The number of hydrogen-bond acceptors (Lipinski definition) is 0. The van der Waals surface area contributed by atoms with Gasteiger partial charge >= 0.3 is 0 Å². The zero-order valence-corrected chi connectivity index (χ0v) is 8.87. The lowest BCUT2D eigenvalue weighted by molar-refractivity contribution is 0.217. The minimum atomic E-state index is -0.653. The summed E-state index contributed by atoms with van der Waals surface area (Å²) < 4.78 is 12.4. The maximum Gasteiger partial charge on any atom is 0.0978 e. The Morgan fingerprint density at radius 3 is 1.73 bits per heavy atom. The lowest BCUT2D eigenvalue weighted by Gasteiger charge is -2.22. The van der Waals surface area contributed by atoms with E-state index < -0.39 is 6.17 Å². The highest BCUT2D eigenvalue weighted by molar-refractivity contribution is 4.68. The Hall–Kier alpha value is -0.0700. The molecule has 1 heteroatoms. The van der Waals surface area contributed by atoms with Gasteiger partial charge in [-0.2, -0.15) is 0 Å². The lowest BCUT2D eigenvalue weighted by atomic mass is 9.85. The molecule has 0 aromatic carbocycles. The van der Waals surface area contributed by atoms with E-state index in [1.165, 1.54) is 0 Å². The maximum atomic E-state index is 12.4. The normalized spacial score (nSPS) is 13.4. The first-order valence-electron chi connectivity index (χ1n) is 4.62. The fourth-order valence-corrected chi connectivity index (χ4v) is 0.906. The molecule has 11 heavy (non-hydrogen) atoms. The molecule has 1 unspecified atom stereocenters. The fraction of sp³-hybridized carbons (Fsp3) is 1.00. The summed E-state index contributed by atoms with van der Waals surface area (Å²) in [5.41, 5.74) is 0.189. The molecule has 0 radical (unpaired) electrons. The van der Waals surface area contributed by atoms with Crippen molar-refractivity contribution in [1.29, 1.82) is 0 Å². The van der Waals surface area contributed by atoms with Crippen molar-refractivity contribution >= 4 is 0 Å². The first-order chi connectivity index (χ1) is 4.98. The molecule has 0 aromatic heterocycles. The average Bonchev–Trinajstić information content (AvgIpc) is 1.90.